The number of benzene rings is 1. The lowest BCUT2D eigenvalue weighted by Gasteiger charge is -2.02. The maximum Gasteiger partial charge on any atom is 0.435 e. The summed E-state index contributed by atoms with van der Waals surface area (Å²) >= 11 is 1.55. The van der Waals surface area contributed by atoms with E-state index in [1.165, 1.54) is 18.2 Å². The molecule has 0 aliphatic heterocycles. The average molecular weight is 337 g/mol. The molecule has 0 saturated heterocycles. The number of hydrogen-bond donors (Lipinski definition) is 1. The summed E-state index contributed by atoms with van der Waals surface area (Å²) in [5, 5.41) is 8.80. The molecule has 1 heterocycles. The first kappa shape index (κ1) is 15.8. The largest absolute Gasteiger partial charge is 0.477 e. The Morgan fingerprint density at radius 1 is 1.38 bits per heavy atom. The summed E-state index contributed by atoms with van der Waals surface area (Å²) in [6.07, 6.45) is -4.81. The number of thiazole rings is 1. The Morgan fingerprint density at radius 2 is 2.10 bits per heavy atom. The van der Waals surface area contributed by atoms with Crippen molar-refractivity contribution < 1.29 is 27.5 Å². The van der Waals surface area contributed by atoms with E-state index in [9.17, 15) is 22.4 Å². The van der Waals surface area contributed by atoms with E-state index in [-0.39, 0.29) is 10.8 Å². The minimum Gasteiger partial charge on any atom is -0.477 e. The van der Waals surface area contributed by atoms with Gasteiger partial charge in [0.15, 0.2) is 5.69 Å². The van der Waals surface area contributed by atoms with E-state index in [2.05, 4.69) is 4.98 Å². The zero-order chi connectivity index (χ0) is 15.6. The molecule has 0 spiro atoms. The average Bonchev–Trinajstić information content (AvgIpc) is 2.81. The fourth-order valence-corrected chi connectivity index (χ4v) is 3.32. The van der Waals surface area contributed by atoms with Gasteiger partial charge in [0, 0.05) is 4.90 Å². The number of carbonyl (C=O) groups is 1. The van der Waals surface area contributed by atoms with Gasteiger partial charge >= 0.3 is 12.1 Å². The molecule has 1 aromatic heterocycles. The highest BCUT2D eigenvalue weighted by molar-refractivity contribution is 7.98. The third kappa shape index (κ3) is 3.94. The summed E-state index contributed by atoms with van der Waals surface area (Å²) in [5.74, 6) is -2.09. The van der Waals surface area contributed by atoms with Crippen LogP contribution >= 0.6 is 23.1 Å². The maximum atomic E-state index is 13.0. The van der Waals surface area contributed by atoms with Crippen LogP contribution in [0.3, 0.4) is 0 Å². The Balaban J connectivity index is 2.20. The lowest BCUT2D eigenvalue weighted by atomic mass is 10.3. The number of nitrogens with zero attached hydrogens (tertiary/aromatic N) is 1. The van der Waals surface area contributed by atoms with Crippen molar-refractivity contribution in [3.8, 4) is 0 Å². The van der Waals surface area contributed by atoms with Gasteiger partial charge in [-0.15, -0.1) is 23.1 Å². The van der Waals surface area contributed by atoms with E-state index in [1.54, 1.807) is 6.07 Å². The molecule has 1 N–H and O–H groups in total. The van der Waals surface area contributed by atoms with Crippen LogP contribution in [0.1, 0.15) is 20.4 Å². The second-order valence-corrected chi connectivity index (χ2v) is 5.97. The van der Waals surface area contributed by atoms with Gasteiger partial charge < -0.3 is 5.11 Å². The van der Waals surface area contributed by atoms with Gasteiger partial charge in [-0.3, -0.25) is 0 Å². The second-order valence-electron chi connectivity index (χ2n) is 3.83. The number of rotatable bonds is 4. The minimum atomic E-state index is -4.81. The molecular weight excluding hydrogens is 330 g/mol. The fraction of sp³-hybridized carbons (Fsp3) is 0.167. The van der Waals surface area contributed by atoms with E-state index in [4.69, 9.17) is 5.11 Å². The highest BCUT2D eigenvalue weighted by atomic mass is 32.2. The van der Waals surface area contributed by atoms with E-state index < -0.39 is 28.5 Å². The first-order chi connectivity index (χ1) is 9.77. The molecule has 0 aliphatic carbocycles. The van der Waals surface area contributed by atoms with Gasteiger partial charge in [0.1, 0.15) is 15.7 Å². The molecule has 0 saturated carbocycles. The van der Waals surface area contributed by atoms with Crippen molar-refractivity contribution in [1.82, 2.24) is 4.98 Å². The Morgan fingerprint density at radius 3 is 2.62 bits per heavy atom. The molecule has 0 atom stereocenters. The summed E-state index contributed by atoms with van der Waals surface area (Å²) in [4.78, 5) is 13.8. The molecule has 2 rings (SSSR count). The SMILES string of the molecule is O=C(O)c1sc(CSc2cccc(F)c2)nc1C(F)(F)F. The van der Waals surface area contributed by atoms with Crippen molar-refractivity contribution in [3.63, 3.8) is 0 Å². The van der Waals surface area contributed by atoms with Crippen molar-refractivity contribution >= 4 is 29.1 Å². The van der Waals surface area contributed by atoms with Crippen molar-refractivity contribution in [2.24, 2.45) is 0 Å². The van der Waals surface area contributed by atoms with Crippen molar-refractivity contribution in [3.05, 3.63) is 45.7 Å². The Labute approximate surface area is 124 Å². The molecule has 3 nitrogen and oxygen atoms in total. The lowest BCUT2D eigenvalue weighted by molar-refractivity contribution is -0.141. The van der Waals surface area contributed by atoms with Crippen LogP contribution in [0.5, 0.6) is 0 Å². The minimum absolute atomic E-state index is 0.0222. The van der Waals surface area contributed by atoms with Crippen LogP contribution in [0.15, 0.2) is 29.2 Å². The molecular formula is C12H7F4NO2S2. The van der Waals surface area contributed by atoms with Gasteiger partial charge in [-0.2, -0.15) is 13.2 Å². The second kappa shape index (κ2) is 6.02. The van der Waals surface area contributed by atoms with E-state index in [1.807, 2.05) is 0 Å². The number of alkyl halides is 3. The summed E-state index contributed by atoms with van der Waals surface area (Å²) in [7, 11) is 0. The third-order valence-corrected chi connectivity index (χ3v) is 4.52. The van der Waals surface area contributed by atoms with Crippen LogP contribution in [0.4, 0.5) is 17.6 Å². The number of carboxylic acid groups (broad SMARTS) is 1. The van der Waals surface area contributed by atoms with Crippen LogP contribution in [0.25, 0.3) is 0 Å². The number of hydrogen-bond acceptors (Lipinski definition) is 4. The van der Waals surface area contributed by atoms with E-state index >= 15 is 0 Å². The quantitative estimate of drug-likeness (QED) is 0.668. The lowest BCUT2D eigenvalue weighted by Crippen LogP contribution is -2.11. The van der Waals surface area contributed by atoms with Crippen LogP contribution in [-0.4, -0.2) is 16.1 Å². The molecule has 1 aromatic carbocycles. The van der Waals surface area contributed by atoms with Crippen LogP contribution in [-0.2, 0) is 11.9 Å². The molecule has 2 aromatic rings. The molecule has 112 valence electrons. The zero-order valence-corrected chi connectivity index (χ0v) is 11.8. The monoisotopic (exact) mass is 337 g/mol. The first-order valence-electron chi connectivity index (χ1n) is 5.46. The van der Waals surface area contributed by atoms with Crippen LogP contribution in [0, 0.1) is 5.82 Å². The predicted octanol–water partition coefficient (Wildman–Crippen LogP) is 4.29. The molecule has 0 radical (unpaired) electrons. The Hall–Kier alpha value is -1.61. The zero-order valence-electron chi connectivity index (χ0n) is 10.1. The predicted molar refractivity (Wildman–Crippen MR) is 70.0 cm³/mol. The van der Waals surface area contributed by atoms with E-state index in [0.717, 1.165) is 11.8 Å². The number of aromatic nitrogens is 1. The molecule has 9 heteroatoms. The van der Waals surface area contributed by atoms with Gasteiger partial charge in [0.2, 0.25) is 0 Å². The smallest absolute Gasteiger partial charge is 0.435 e. The first-order valence-corrected chi connectivity index (χ1v) is 7.26. The summed E-state index contributed by atoms with van der Waals surface area (Å²) in [6.45, 7) is 0. The van der Waals surface area contributed by atoms with Gasteiger partial charge in [0.05, 0.1) is 5.75 Å². The highest BCUT2D eigenvalue weighted by Gasteiger charge is 2.39. The van der Waals surface area contributed by atoms with E-state index in [0.29, 0.717) is 16.2 Å². The van der Waals surface area contributed by atoms with Crippen LogP contribution in [0.2, 0.25) is 0 Å². The molecule has 0 fully saturated rings. The Bertz CT molecular complexity index is 670. The van der Waals surface area contributed by atoms with Crippen molar-refractivity contribution in [2.45, 2.75) is 16.8 Å². The standard InChI is InChI=1S/C12H7F4NO2S2/c13-6-2-1-3-7(4-6)20-5-8-17-10(12(14,15)16)9(21-8)11(18)19/h1-4H,5H2,(H,18,19). The fourth-order valence-electron chi connectivity index (χ4n) is 1.47. The molecule has 0 amide bonds. The normalized spacial score (nSPS) is 11.6. The van der Waals surface area contributed by atoms with Gasteiger partial charge in [-0.05, 0) is 18.2 Å². The number of thioether (sulfide) groups is 1. The van der Waals surface area contributed by atoms with Gasteiger partial charge in [-0.1, -0.05) is 6.07 Å². The number of halogens is 4. The van der Waals surface area contributed by atoms with Gasteiger partial charge in [-0.25, -0.2) is 14.2 Å². The van der Waals surface area contributed by atoms with Gasteiger partial charge in [0.25, 0.3) is 0 Å². The summed E-state index contributed by atoms with van der Waals surface area (Å²) in [5.41, 5.74) is -1.39. The summed E-state index contributed by atoms with van der Waals surface area (Å²) in [6, 6.07) is 5.56. The number of carboxylic acids is 1. The molecule has 0 unspecified atom stereocenters. The third-order valence-electron chi connectivity index (χ3n) is 2.29. The molecule has 21 heavy (non-hydrogen) atoms. The molecule has 0 bridgehead atoms. The molecule has 0 aliphatic rings. The Kier molecular flexibility index (Phi) is 4.52. The summed E-state index contributed by atoms with van der Waals surface area (Å²) < 4.78 is 51.0. The number of aromatic carboxylic acids is 1. The van der Waals surface area contributed by atoms with Crippen molar-refractivity contribution in [1.29, 1.82) is 0 Å². The highest BCUT2D eigenvalue weighted by Crippen LogP contribution is 2.36. The topological polar surface area (TPSA) is 50.2 Å². The van der Waals surface area contributed by atoms with Crippen LogP contribution < -0.4 is 0 Å². The van der Waals surface area contributed by atoms with Crippen molar-refractivity contribution in [2.75, 3.05) is 0 Å². The maximum absolute atomic E-state index is 13.0.